The largest absolute Gasteiger partial charge is 0.492 e. The first-order valence-corrected chi connectivity index (χ1v) is 6.11. The topological polar surface area (TPSA) is 90.7 Å². The highest BCUT2D eigenvalue weighted by molar-refractivity contribution is 6.03. The molecule has 0 aromatic heterocycles. The van der Waals surface area contributed by atoms with Crippen LogP contribution in [0.1, 0.15) is 24.2 Å². The third kappa shape index (κ3) is 3.74. The van der Waals surface area contributed by atoms with Gasteiger partial charge in [-0.2, -0.15) is 0 Å². The summed E-state index contributed by atoms with van der Waals surface area (Å²) in [6.07, 6.45) is 2.97. The molecule has 0 atom stereocenters. The number of nitrogens with two attached hydrogens (primary N) is 1. The second-order valence-corrected chi connectivity index (χ2v) is 3.85. The highest BCUT2D eigenvalue weighted by atomic mass is 16.5. The number of anilines is 2. The van der Waals surface area contributed by atoms with Crippen LogP contribution >= 0.6 is 0 Å². The van der Waals surface area contributed by atoms with Crippen LogP contribution in [0.15, 0.2) is 24.3 Å². The summed E-state index contributed by atoms with van der Waals surface area (Å²) < 4.78 is 10.0. The minimum absolute atomic E-state index is 0.173. The van der Waals surface area contributed by atoms with Crippen molar-refractivity contribution in [2.75, 3.05) is 24.8 Å². The number of amides is 1. The molecule has 0 aliphatic rings. The molecule has 0 saturated heterocycles. The molecule has 0 fully saturated rings. The minimum Gasteiger partial charge on any atom is -0.492 e. The zero-order valence-electron chi connectivity index (χ0n) is 11.7. The van der Waals surface area contributed by atoms with Crippen LogP contribution in [0, 0.1) is 0 Å². The molecule has 1 amide bonds. The Balaban J connectivity index is 3.22. The Morgan fingerprint density at radius 1 is 1.40 bits per heavy atom. The number of carbonyl (C=O) groups excluding carboxylic acids is 2. The molecule has 0 aliphatic carbocycles. The maximum atomic E-state index is 11.6. The fourth-order valence-electron chi connectivity index (χ4n) is 1.58. The van der Waals surface area contributed by atoms with E-state index in [4.69, 9.17) is 10.5 Å². The van der Waals surface area contributed by atoms with E-state index in [9.17, 15) is 9.59 Å². The highest BCUT2D eigenvalue weighted by Gasteiger charge is 2.16. The van der Waals surface area contributed by atoms with E-state index in [1.807, 2.05) is 6.92 Å². The van der Waals surface area contributed by atoms with E-state index >= 15 is 0 Å². The Labute approximate surface area is 117 Å². The lowest BCUT2D eigenvalue weighted by Crippen LogP contribution is -2.12. The number of hydrogen-bond acceptors (Lipinski definition) is 5. The average Bonchev–Trinajstić information content (AvgIpc) is 2.41. The molecule has 1 rings (SSSR count). The number of ether oxygens (including phenoxy) is 2. The van der Waals surface area contributed by atoms with E-state index in [-0.39, 0.29) is 17.2 Å². The molecule has 20 heavy (non-hydrogen) atoms. The lowest BCUT2D eigenvalue weighted by Gasteiger charge is -2.13. The van der Waals surface area contributed by atoms with Crippen molar-refractivity contribution >= 4 is 23.3 Å². The van der Waals surface area contributed by atoms with Crippen molar-refractivity contribution in [2.24, 2.45) is 0 Å². The summed E-state index contributed by atoms with van der Waals surface area (Å²) in [6, 6.07) is 2.93. The quantitative estimate of drug-likeness (QED) is 0.488. The van der Waals surface area contributed by atoms with Gasteiger partial charge in [-0.05, 0) is 26.0 Å². The molecular weight excluding hydrogens is 260 g/mol. The van der Waals surface area contributed by atoms with Gasteiger partial charge in [0, 0.05) is 11.8 Å². The van der Waals surface area contributed by atoms with Crippen LogP contribution in [0.4, 0.5) is 11.4 Å². The van der Waals surface area contributed by atoms with E-state index in [1.165, 1.54) is 25.3 Å². The molecule has 0 heterocycles. The minimum atomic E-state index is -0.577. The molecule has 6 heteroatoms. The van der Waals surface area contributed by atoms with Crippen LogP contribution in [0.2, 0.25) is 0 Å². The van der Waals surface area contributed by atoms with Gasteiger partial charge < -0.3 is 20.5 Å². The van der Waals surface area contributed by atoms with Gasteiger partial charge in [0.05, 0.1) is 25.0 Å². The summed E-state index contributed by atoms with van der Waals surface area (Å²) in [5.41, 5.74) is 6.54. The second-order valence-electron chi connectivity index (χ2n) is 3.85. The maximum Gasteiger partial charge on any atom is 0.340 e. The lowest BCUT2D eigenvalue weighted by atomic mass is 10.1. The zero-order valence-corrected chi connectivity index (χ0v) is 11.7. The average molecular weight is 278 g/mol. The summed E-state index contributed by atoms with van der Waals surface area (Å²) >= 11 is 0. The van der Waals surface area contributed by atoms with E-state index in [0.29, 0.717) is 18.0 Å². The van der Waals surface area contributed by atoms with Crippen molar-refractivity contribution in [3.05, 3.63) is 29.8 Å². The number of benzene rings is 1. The van der Waals surface area contributed by atoms with Crippen LogP contribution in [0.5, 0.6) is 5.75 Å². The second kappa shape index (κ2) is 7.18. The molecule has 0 spiro atoms. The Morgan fingerprint density at radius 3 is 2.65 bits per heavy atom. The van der Waals surface area contributed by atoms with Crippen molar-refractivity contribution in [3.63, 3.8) is 0 Å². The Hall–Kier alpha value is -2.50. The van der Waals surface area contributed by atoms with Crippen molar-refractivity contribution in [1.29, 1.82) is 0 Å². The molecule has 6 nitrogen and oxygen atoms in total. The van der Waals surface area contributed by atoms with Crippen LogP contribution in [0.25, 0.3) is 0 Å². The van der Waals surface area contributed by atoms with Gasteiger partial charge in [0.25, 0.3) is 0 Å². The predicted molar refractivity (Wildman–Crippen MR) is 76.8 cm³/mol. The Bertz CT molecular complexity index is 538. The molecular formula is C14H18N2O4. The molecule has 3 N–H and O–H groups in total. The lowest BCUT2D eigenvalue weighted by molar-refractivity contribution is -0.111. The first kappa shape index (κ1) is 15.6. The molecule has 1 aromatic carbocycles. The summed E-state index contributed by atoms with van der Waals surface area (Å²) in [5, 5.41) is 2.63. The van der Waals surface area contributed by atoms with Crippen LogP contribution in [-0.2, 0) is 9.53 Å². The van der Waals surface area contributed by atoms with Crippen molar-refractivity contribution in [2.45, 2.75) is 13.8 Å². The fraction of sp³-hybridized carbons (Fsp3) is 0.286. The number of nitrogens with one attached hydrogen (secondary N) is 1. The predicted octanol–water partition coefficient (Wildman–Crippen LogP) is 1.97. The molecule has 108 valence electrons. The number of rotatable bonds is 5. The van der Waals surface area contributed by atoms with Crippen LogP contribution in [-0.4, -0.2) is 25.6 Å². The Kier molecular flexibility index (Phi) is 5.58. The maximum absolute atomic E-state index is 11.6. The highest BCUT2D eigenvalue weighted by Crippen LogP contribution is 2.30. The number of methoxy groups -OCH3 is 1. The summed E-state index contributed by atoms with van der Waals surface area (Å²) in [5.74, 6) is -0.503. The van der Waals surface area contributed by atoms with Gasteiger partial charge in [-0.25, -0.2) is 4.79 Å². The van der Waals surface area contributed by atoms with Gasteiger partial charge in [0.2, 0.25) is 5.91 Å². The van der Waals surface area contributed by atoms with Gasteiger partial charge in [0.15, 0.2) is 0 Å². The van der Waals surface area contributed by atoms with E-state index in [2.05, 4.69) is 10.1 Å². The summed E-state index contributed by atoms with van der Waals surface area (Å²) in [4.78, 5) is 23.2. The monoisotopic (exact) mass is 278 g/mol. The van der Waals surface area contributed by atoms with E-state index in [0.717, 1.165) is 0 Å². The SMILES string of the molecule is C/C=C/C(=O)Nc1cc(C(=O)OC)c(N)cc1OCC. The number of hydrogen-bond donors (Lipinski definition) is 2. The first-order valence-electron chi connectivity index (χ1n) is 6.11. The third-order valence-corrected chi connectivity index (χ3v) is 2.43. The van der Waals surface area contributed by atoms with Gasteiger partial charge in [-0.15, -0.1) is 0 Å². The molecule has 0 bridgehead atoms. The summed E-state index contributed by atoms with van der Waals surface area (Å²) in [7, 11) is 1.26. The van der Waals surface area contributed by atoms with Crippen LogP contribution < -0.4 is 15.8 Å². The van der Waals surface area contributed by atoms with Gasteiger partial charge >= 0.3 is 5.97 Å². The number of esters is 1. The summed E-state index contributed by atoms with van der Waals surface area (Å²) in [6.45, 7) is 3.94. The van der Waals surface area contributed by atoms with Gasteiger partial charge in [0.1, 0.15) is 5.75 Å². The number of nitrogen functional groups attached to an aromatic ring is 1. The van der Waals surface area contributed by atoms with Crippen LogP contribution in [0.3, 0.4) is 0 Å². The standard InChI is InChI=1S/C14H18N2O4/c1-4-6-13(17)16-11-7-9(14(18)19-3)10(15)8-12(11)20-5-2/h4,6-8H,5,15H2,1-3H3,(H,16,17)/b6-4+. The van der Waals surface area contributed by atoms with Crippen molar-refractivity contribution in [1.82, 2.24) is 0 Å². The van der Waals surface area contributed by atoms with Crippen molar-refractivity contribution in [3.8, 4) is 5.75 Å². The molecule has 0 radical (unpaired) electrons. The van der Waals surface area contributed by atoms with Crippen molar-refractivity contribution < 1.29 is 19.1 Å². The van der Waals surface area contributed by atoms with E-state index < -0.39 is 5.97 Å². The normalized spacial score (nSPS) is 10.3. The Morgan fingerprint density at radius 2 is 2.10 bits per heavy atom. The number of allylic oxidation sites excluding steroid dienone is 1. The fourth-order valence-corrected chi connectivity index (χ4v) is 1.58. The number of carbonyl (C=O) groups is 2. The molecule has 0 unspecified atom stereocenters. The third-order valence-electron chi connectivity index (χ3n) is 2.43. The zero-order chi connectivity index (χ0) is 15.1. The van der Waals surface area contributed by atoms with Gasteiger partial charge in [-0.3, -0.25) is 4.79 Å². The van der Waals surface area contributed by atoms with Gasteiger partial charge in [-0.1, -0.05) is 6.08 Å². The smallest absolute Gasteiger partial charge is 0.340 e. The molecule has 0 saturated carbocycles. The van der Waals surface area contributed by atoms with E-state index in [1.54, 1.807) is 13.0 Å². The molecule has 0 aliphatic heterocycles. The first-order chi connectivity index (χ1) is 9.53. The molecule has 1 aromatic rings.